The maximum absolute atomic E-state index is 5.58. The molecule has 0 atom stereocenters. The van der Waals surface area contributed by atoms with Gasteiger partial charge in [-0.15, -0.1) is 0 Å². The topological polar surface area (TPSA) is 26.0 Å². The Bertz CT molecular complexity index is 344. The molecule has 0 aliphatic rings. The van der Waals surface area contributed by atoms with Crippen molar-refractivity contribution in [3.63, 3.8) is 0 Å². The Kier molecular flexibility index (Phi) is 6.19. The van der Waals surface area contributed by atoms with E-state index >= 15 is 0 Å². The average molecular weight is 203 g/mol. The van der Waals surface area contributed by atoms with Crippen molar-refractivity contribution in [2.24, 2.45) is 5.73 Å². The fourth-order valence-corrected chi connectivity index (χ4v) is 1.29. The third kappa shape index (κ3) is 4.50. The predicted molar refractivity (Wildman–Crippen MR) is 69.5 cm³/mol. The summed E-state index contributed by atoms with van der Waals surface area (Å²) in [6, 6.07) is 8.15. The molecule has 0 spiro atoms. The lowest BCUT2D eigenvalue weighted by Gasteiger charge is -2.04. The van der Waals surface area contributed by atoms with E-state index in [4.69, 9.17) is 5.73 Å². The Balaban J connectivity index is 0.000000921. The van der Waals surface area contributed by atoms with E-state index < -0.39 is 0 Å². The van der Waals surface area contributed by atoms with Crippen molar-refractivity contribution in [1.29, 1.82) is 0 Å². The minimum Gasteiger partial charge on any atom is -0.402 e. The van der Waals surface area contributed by atoms with Gasteiger partial charge in [0.05, 0.1) is 0 Å². The maximum atomic E-state index is 5.58. The van der Waals surface area contributed by atoms with Crippen molar-refractivity contribution >= 4 is 5.57 Å². The third-order valence-corrected chi connectivity index (χ3v) is 1.89. The van der Waals surface area contributed by atoms with E-state index in [1.54, 1.807) is 0 Å². The molecular formula is C14H21N. The van der Waals surface area contributed by atoms with Gasteiger partial charge >= 0.3 is 0 Å². The minimum atomic E-state index is 0.785. The van der Waals surface area contributed by atoms with Crippen LogP contribution in [-0.2, 0) is 0 Å². The normalized spacial score (nSPS) is 10.3. The molecule has 1 rings (SSSR count). The van der Waals surface area contributed by atoms with Gasteiger partial charge in [-0.1, -0.05) is 44.7 Å². The molecule has 0 bridgehead atoms. The molecule has 0 aliphatic heterocycles. The molecule has 2 N–H and O–H groups in total. The second kappa shape index (κ2) is 6.88. The molecule has 15 heavy (non-hydrogen) atoms. The van der Waals surface area contributed by atoms with Crippen molar-refractivity contribution < 1.29 is 0 Å². The van der Waals surface area contributed by atoms with Crippen LogP contribution in [0.3, 0.4) is 0 Å². The molecule has 1 aromatic rings. The van der Waals surface area contributed by atoms with Crippen LogP contribution in [0.4, 0.5) is 0 Å². The second-order valence-electron chi connectivity index (χ2n) is 3.23. The summed E-state index contributed by atoms with van der Waals surface area (Å²) in [5, 5.41) is 0. The first-order valence-electron chi connectivity index (χ1n) is 5.30. The van der Waals surface area contributed by atoms with Crippen LogP contribution in [0.1, 0.15) is 31.9 Å². The zero-order valence-electron chi connectivity index (χ0n) is 10.2. The second-order valence-corrected chi connectivity index (χ2v) is 3.23. The van der Waals surface area contributed by atoms with Crippen LogP contribution >= 0.6 is 0 Å². The molecule has 1 aromatic carbocycles. The van der Waals surface area contributed by atoms with Gasteiger partial charge in [-0.2, -0.15) is 0 Å². The van der Waals surface area contributed by atoms with Crippen molar-refractivity contribution in [2.75, 3.05) is 0 Å². The summed E-state index contributed by atoms with van der Waals surface area (Å²) < 4.78 is 0. The molecule has 0 saturated heterocycles. The Morgan fingerprint density at radius 3 is 2.27 bits per heavy atom. The lowest BCUT2D eigenvalue weighted by atomic mass is 10.0. The molecule has 0 saturated carbocycles. The van der Waals surface area contributed by atoms with Gasteiger partial charge in [-0.3, -0.25) is 0 Å². The maximum Gasteiger partial charge on any atom is 0.00548 e. The van der Waals surface area contributed by atoms with Gasteiger partial charge in [0.1, 0.15) is 0 Å². The lowest BCUT2D eigenvalue weighted by molar-refractivity contribution is 1.31. The Morgan fingerprint density at radius 2 is 1.80 bits per heavy atom. The van der Waals surface area contributed by atoms with Gasteiger partial charge in [0, 0.05) is 5.70 Å². The average Bonchev–Trinajstić information content (AvgIpc) is 2.20. The zero-order valence-corrected chi connectivity index (χ0v) is 10.2. The molecule has 0 aliphatic carbocycles. The number of hydrogen-bond donors (Lipinski definition) is 1. The van der Waals surface area contributed by atoms with Crippen LogP contribution < -0.4 is 5.73 Å². The first-order valence-corrected chi connectivity index (χ1v) is 5.30. The predicted octanol–water partition coefficient (Wildman–Crippen LogP) is 3.90. The minimum absolute atomic E-state index is 0.785. The smallest absolute Gasteiger partial charge is 0.00548 e. The monoisotopic (exact) mass is 203 g/mol. The Labute approximate surface area is 93.3 Å². The highest BCUT2D eigenvalue weighted by molar-refractivity contribution is 5.74. The molecule has 0 heterocycles. The van der Waals surface area contributed by atoms with E-state index in [0.29, 0.717) is 0 Å². The molecular weight excluding hydrogens is 182 g/mol. The zero-order chi connectivity index (χ0) is 11.8. The number of hydrogen-bond acceptors (Lipinski definition) is 1. The highest BCUT2D eigenvalue weighted by atomic mass is 14.5. The number of rotatable bonds is 2. The van der Waals surface area contributed by atoms with Crippen LogP contribution in [0.15, 0.2) is 42.6 Å². The molecule has 0 amide bonds. The van der Waals surface area contributed by atoms with E-state index in [-0.39, 0.29) is 0 Å². The summed E-state index contributed by atoms with van der Waals surface area (Å²) in [5.41, 5.74) is 9.72. The lowest BCUT2D eigenvalue weighted by Crippen LogP contribution is -1.92. The third-order valence-electron chi connectivity index (χ3n) is 1.89. The Morgan fingerprint density at radius 1 is 1.27 bits per heavy atom. The summed E-state index contributed by atoms with van der Waals surface area (Å²) in [4.78, 5) is 0. The van der Waals surface area contributed by atoms with Gasteiger partial charge in [0.25, 0.3) is 0 Å². The summed E-state index contributed by atoms with van der Waals surface area (Å²) in [5.74, 6) is 0. The molecule has 0 radical (unpaired) electrons. The van der Waals surface area contributed by atoms with Crippen molar-refractivity contribution in [3.05, 3.63) is 53.7 Å². The number of benzene rings is 1. The van der Waals surface area contributed by atoms with Crippen LogP contribution in [0.25, 0.3) is 5.57 Å². The van der Waals surface area contributed by atoms with Gasteiger partial charge in [0.2, 0.25) is 0 Å². The molecule has 1 nitrogen and oxygen atoms in total. The van der Waals surface area contributed by atoms with Crippen molar-refractivity contribution in [2.45, 2.75) is 27.7 Å². The molecule has 0 fully saturated rings. The van der Waals surface area contributed by atoms with Crippen LogP contribution in [0, 0.1) is 6.92 Å². The SMILES string of the molecule is C=C(/C=C(/C)N)c1ccccc1C.CC. The van der Waals surface area contributed by atoms with Crippen molar-refractivity contribution in [1.82, 2.24) is 0 Å². The van der Waals surface area contributed by atoms with Gasteiger partial charge in [-0.05, 0) is 36.6 Å². The van der Waals surface area contributed by atoms with E-state index in [2.05, 4.69) is 25.6 Å². The largest absolute Gasteiger partial charge is 0.402 e. The van der Waals surface area contributed by atoms with Crippen molar-refractivity contribution in [3.8, 4) is 0 Å². The molecule has 0 unspecified atom stereocenters. The van der Waals surface area contributed by atoms with Gasteiger partial charge in [-0.25, -0.2) is 0 Å². The van der Waals surface area contributed by atoms with Crippen LogP contribution in [0.5, 0.6) is 0 Å². The highest BCUT2D eigenvalue weighted by Crippen LogP contribution is 2.18. The van der Waals surface area contributed by atoms with E-state index in [1.165, 1.54) is 5.56 Å². The number of nitrogens with two attached hydrogens (primary N) is 1. The van der Waals surface area contributed by atoms with E-state index in [1.807, 2.05) is 39.0 Å². The number of allylic oxidation sites excluding steroid dienone is 3. The Hall–Kier alpha value is -1.50. The molecule has 0 aromatic heterocycles. The van der Waals surface area contributed by atoms with Gasteiger partial charge in [0.15, 0.2) is 0 Å². The van der Waals surface area contributed by atoms with Crippen LogP contribution in [-0.4, -0.2) is 0 Å². The van der Waals surface area contributed by atoms with E-state index in [9.17, 15) is 0 Å². The number of aryl methyl sites for hydroxylation is 1. The first-order chi connectivity index (χ1) is 7.11. The summed E-state index contributed by atoms with van der Waals surface area (Å²) in [6.45, 7) is 11.9. The summed E-state index contributed by atoms with van der Waals surface area (Å²) in [6.07, 6.45) is 1.89. The first kappa shape index (κ1) is 13.5. The summed E-state index contributed by atoms with van der Waals surface area (Å²) in [7, 11) is 0. The molecule has 1 heteroatoms. The summed E-state index contributed by atoms with van der Waals surface area (Å²) >= 11 is 0. The highest BCUT2D eigenvalue weighted by Gasteiger charge is 1.98. The van der Waals surface area contributed by atoms with E-state index in [0.717, 1.165) is 16.8 Å². The fraction of sp³-hybridized carbons (Fsp3) is 0.286. The quantitative estimate of drug-likeness (QED) is 0.725. The van der Waals surface area contributed by atoms with Crippen LogP contribution in [0.2, 0.25) is 0 Å². The standard InChI is InChI=1S/C12H15N.C2H6/c1-9-6-4-5-7-12(9)10(2)8-11(3)13;1-2/h4-8H,2,13H2,1,3H3;1-2H3/b11-8-;. The fourth-order valence-electron chi connectivity index (χ4n) is 1.29. The molecule has 82 valence electrons. The van der Waals surface area contributed by atoms with Gasteiger partial charge < -0.3 is 5.73 Å².